The third kappa shape index (κ3) is 6.40. The van der Waals surface area contributed by atoms with Crippen molar-refractivity contribution in [3.05, 3.63) is 59.7 Å². The number of anilines is 2. The van der Waals surface area contributed by atoms with E-state index in [2.05, 4.69) is 46.6 Å². The Morgan fingerprint density at radius 3 is 2.52 bits per heavy atom. The lowest BCUT2D eigenvalue weighted by Crippen LogP contribution is -2.24. The minimum absolute atomic E-state index is 0.0169. The molecule has 0 aliphatic heterocycles. The van der Waals surface area contributed by atoms with Crippen LogP contribution in [0.25, 0.3) is 0 Å². The lowest BCUT2D eigenvalue weighted by molar-refractivity contribution is 0.291. The number of aromatic nitrogens is 2. The molecule has 0 aliphatic carbocycles. The molecular weight excluding hydrogens is 338 g/mol. The monoisotopic (exact) mass is 367 g/mol. The summed E-state index contributed by atoms with van der Waals surface area (Å²) in [5.74, 6) is 1.42. The van der Waals surface area contributed by atoms with Crippen LogP contribution in [0.3, 0.4) is 0 Å². The Hall–Kier alpha value is -2.89. The van der Waals surface area contributed by atoms with Crippen LogP contribution in [0.1, 0.15) is 43.5 Å². The topological polar surface area (TPSA) is 82.9 Å². The summed E-state index contributed by atoms with van der Waals surface area (Å²) in [6.07, 6.45) is 4.86. The van der Waals surface area contributed by atoms with Crippen molar-refractivity contribution in [1.82, 2.24) is 9.97 Å². The second-order valence-corrected chi connectivity index (χ2v) is 6.91. The summed E-state index contributed by atoms with van der Waals surface area (Å²) in [6, 6.07) is 8.28. The van der Waals surface area contributed by atoms with E-state index in [-0.39, 0.29) is 11.9 Å². The van der Waals surface area contributed by atoms with Crippen molar-refractivity contribution in [3.8, 4) is 0 Å². The molecule has 27 heavy (non-hydrogen) atoms. The first-order valence-corrected chi connectivity index (χ1v) is 9.16. The van der Waals surface area contributed by atoms with Gasteiger partial charge in [0.25, 0.3) is 0 Å². The van der Waals surface area contributed by atoms with Crippen LogP contribution >= 0.6 is 0 Å². The van der Waals surface area contributed by atoms with Crippen LogP contribution in [-0.4, -0.2) is 28.5 Å². The summed E-state index contributed by atoms with van der Waals surface area (Å²) in [7, 11) is 0. The smallest absolute Gasteiger partial charge is 0.207 e. The van der Waals surface area contributed by atoms with Crippen LogP contribution in [0, 0.1) is 19.3 Å². The maximum absolute atomic E-state index is 7.89. The van der Waals surface area contributed by atoms with Crippen LogP contribution in [-0.2, 0) is 4.74 Å². The van der Waals surface area contributed by atoms with E-state index in [4.69, 9.17) is 10.1 Å². The van der Waals surface area contributed by atoms with Gasteiger partial charge >= 0.3 is 0 Å². The summed E-state index contributed by atoms with van der Waals surface area (Å²) in [6.45, 7) is 10.6. The average Bonchev–Trinajstić information content (AvgIpc) is 2.64. The second-order valence-electron chi connectivity index (χ2n) is 6.91. The standard InChI is InChI=1S/C21H29N5O/c1-14(2)18-6-8-19(9-7-18)23-11-10-20(22)27-12-15(3)26-21-16(4)17(5)24-13-25-21/h6-11,13-15,22-23H,12H2,1-5H3,(H,24,25,26)/b11-10-,22-20?. The largest absolute Gasteiger partial charge is 0.476 e. The minimum Gasteiger partial charge on any atom is -0.476 e. The van der Waals surface area contributed by atoms with Crippen molar-refractivity contribution in [2.75, 3.05) is 17.2 Å². The number of hydrogen-bond donors (Lipinski definition) is 3. The van der Waals surface area contributed by atoms with E-state index in [0.717, 1.165) is 22.8 Å². The number of rotatable bonds is 8. The number of benzene rings is 1. The van der Waals surface area contributed by atoms with Gasteiger partial charge in [0.05, 0.1) is 6.04 Å². The fourth-order valence-electron chi connectivity index (χ4n) is 2.40. The molecule has 1 atom stereocenters. The Kier molecular flexibility index (Phi) is 7.34. The third-order valence-corrected chi connectivity index (χ3v) is 4.27. The highest BCUT2D eigenvalue weighted by Gasteiger charge is 2.08. The Balaban J connectivity index is 1.76. The maximum Gasteiger partial charge on any atom is 0.207 e. The summed E-state index contributed by atoms with van der Waals surface area (Å²) in [4.78, 5) is 8.41. The van der Waals surface area contributed by atoms with Gasteiger partial charge < -0.3 is 15.4 Å². The van der Waals surface area contributed by atoms with E-state index in [9.17, 15) is 0 Å². The third-order valence-electron chi connectivity index (χ3n) is 4.27. The lowest BCUT2D eigenvalue weighted by atomic mass is 10.0. The van der Waals surface area contributed by atoms with Crippen molar-refractivity contribution in [2.24, 2.45) is 0 Å². The molecular formula is C21H29N5O. The van der Waals surface area contributed by atoms with Crippen molar-refractivity contribution in [3.63, 3.8) is 0 Å². The molecule has 144 valence electrons. The lowest BCUT2D eigenvalue weighted by Gasteiger charge is -2.16. The van der Waals surface area contributed by atoms with E-state index >= 15 is 0 Å². The summed E-state index contributed by atoms with van der Waals surface area (Å²) < 4.78 is 5.49. The van der Waals surface area contributed by atoms with E-state index in [0.29, 0.717) is 12.5 Å². The fourth-order valence-corrected chi connectivity index (χ4v) is 2.40. The van der Waals surface area contributed by atoms with Gasteiger partial charge in [-0.1, -0.05) is 26.0 Å². The first kappa shape index (κ1) is 20.4. The molecule has 3 N–H and O–H groups in total. The molecule has 2 rings (SSSR count). The van der Waals surface area contributed by atoms with E-state index in [1.165, 1.54) is 5.56 Å². The van der Waals surface area contributed by atoms with Gasteiger partial charge in [-0.3, -0.25) is 5.41 Å². The summed E-state index contributed by atoms with van der Waals surface area (Å²) >= 11 is 0. The molecule has 1 heterocycles. The molecule has 0 saturated carbocycles. The highest BCUT2D eigenvalue weighted by atomic mass is 16.5. The zero-order valence-corrected chi connectivity index (χ0v) is 16.7. The predicted molar refractivity (Wildman–Crippen MR) is 112 cm³/mol. The molecule has 6 nitrogen and oxygen atoms in total. The van der Waals surface area contributed by atoms with E-state index in [1.807, 2.05) is 32.9 Å². The molecule has 0 aliphatic rings. The molecule has 0 fully saturated rings. The Labute approximate surface area is 161 Å². The van der Waals surface area contributed by atoms with E-state index < -0.39 is 0 Å². The van der Waals surface area contributed by atoms with Gasteiger partial charge in [-0.2, -0.15) is 0 Å². The van der Waals surface area contributed by atoms with Gasteiger partial charge in [0.15, 0.2) is 0 Å². The van der Waals surface area contributed by atoms with Crippen molar-refractivity contribution in [2.45, 2.75) is 46.6 Å². The molecule has 0 amide bonds. The molecule has 1 aromatic heterocycles. The molecule has 0 spiro atoms. The zero-order valence-electron chi connectivity index (χ0n) is 16.7. The molecule has 0 saturated heterocycles. The molecule has 1 aromatic carbocycles. The number of nitrogens with zero attached hydrogens (tertiary/aromatic N) is 2. The van der Waals surface area contributed by atoms with Crippen molar-refractivity contribution in [1.29, 1.82) is 5.41 Å². The SMILES string of the molecule is Cc1ncnc(NC(C)COC(=N)/C=C\Nc2ccc(C(C)C)cc2)c1C. The highest BCUT2D eigenvalue weighted by molar-refractivity contribution is 5.85. The Morgan fingerprint density at radius 2 is 1.85 bits per heavy atom. The van der Waals surface area contributed by atoms with Crippen molar-refractivity contribution >= 4 is 17.4 Å². The summed E-state index contributed by atoms with van der Waals surface area (Å²) in [5, 5.41) is 14.3. The van der Waals surface area contributed by atoms with E-state index in [1.54, 1.807) is 18.6 Å². The quantitative estimate of drug-likeness (QED) is 0.468. The average molecular weight is 367 g/mol. The summed E-state index contributed by atoms with van der Waals surface area (Å²) in [5.41, 5.74) is 4.25. The predicted octanol–water partition coefficient (Wildman–Crippen LogP) is 4.64. The molecule has 6 heteroatoms. The van der Waals surface area contributed by atoms with Crippen molar-refractivity contribution < 1.29 is 4.74 Å². The second kappa shape index (κ2) is 9.71. The van der Waals surface area contributed by atoms with Crippen LogP contribution in [0.15, 0.2) is 42.9 Å². The maximum atomic E-state index is 7.89. The van der Waals surface area contributed by atoms with Crippen LogP contribution in [0.5, 0.6) is 0 Å². The molecule has 0 bridgehead atoms. The number of nitrogens with one attached hydrogen (secondary N) is 3. The highest BCUT2D eigenvalue weighted by Crippen LogP contribution is 2.17. The Morgan fingerprint density at radius 1 is 1.15 bits per heavy atom. The van der Waals surface area contributed by atoms with Gasteiger partial charge in [-0.05, 0) is 44.4 Å². The van der Waals surface area contributed by atoms with Crippen LogP contribution < -0.4 is 10.6 Å². The van der Waals surface area contributed by atoms with Crippen LogP contribution in [0.4, 0.5) is 11.5 Å². The molecule has 1 unspecified atom stereocenters. The first-order chi connectivity index (χ1) is 12.9. The van der Waals surface area contributed by atoms with Gasteiger partial charge in [-0.25, -0.2) is 9.97 Å². The normalized spacial score (nSPS) is 12.2. The molecule has 0 radical (unpaired) electrons. The first-order valence-electron chi connectivity index (χ1n) is 9.16. The molecule has 2 aromatic rings. The number of ether oxygens (including phenoxy) is 1. The Bertz CT molecular complexity index is 784. The van der Waals surface area contributed by atoms with Gasteiger partial charge in [0, 0.05) is 29.2 Å². The number of aryl methyl sites for hydroxylation is 1. The van der Waals surface area contributed by atoms with Gasteiger partial charge in [0.1, 0.15) is 18.8 Å². The zero-order chi connectivity index (χ0) is 19.8. The minimum atomic E-state index is 0.0169. The van der Waals surface area contributed by atoms with Gasteiger partial charge in [0.2, 0.25) is 5.90 Å². The fraction of sp³-hybridized carbons (Fsp3) is 0.381. The van der Waals surface area contributed by atoms with Gasteiger partial charge in [-0.15, -0.1) is 0 Å². The van der Waals surface area contributed by atoms with Crippen LogP contribution in [0.2, 0.25) is 0 Å². The number of hydrogen-bond acceptors (Lipinski definition) is 6.